The van der Waals surface area contributed by atoms with Gasteiger partial charge in [-0.15, -0.1) is 0 Å². The van der Waals surface area contributed by atoms with Gasteiger partial charge in [0.2, 0.25) is 0 Å². The molecule has 4 rings (SSSR count). The van der Waals surface area contributed by atoms with E-state index < -0.39 is 12.7 Å². The average molecular weight is 504 g/mol. The fraction of sp³-hybridized carbons (Fsp3) is 0.435. The summed E-state index contributed by atoms with van der Waals surface area (Å²) in [6, 6.07) is 9.61. The van der Waals surface area contributed by atoms with E-state index in [0.29, 0.717) is 28.1 Å². The van der Waals surface area contributed by atoms with E-state index in [1.54, 1.807) is 18.2 Å². The highest BCUT2D eigenvalue weighted by atomic mass is 35.5. The van der Waals surface area contributed by atoms with Crippen LogP contribution in [0.1, 0.15) is 24.0 Å². The second-order valence-electron chi connectivity index (χ2n) is 8.61. The fourth-order valence-corrected chi connectivity index (χ4v) is 4.82. The lowest BCUT2D eigenvalue weighted by Crippen LogP contribution is -2.43. The standard InChI is InChI=1S/C23H23Cl2F4N3O/c1-31-8-6-22(7-9-31,16-2-4-18(26)5-3-16)14-33-12-15-10-17(24)11-19-20(15)30-32(21(19)25)13-23(27,28)29/h2-5,10-11H,6-9,12-14H2,1H3. The Balaban J connectivity index is 1.58. The molecule has 0 spiro atoms. The van der Waals surface area contributed by atoms with Crippen molar-refractivity contribution in [3.05, 3.63) is 63.5 Å². The van der Waals surface area contributed by atoms with Crippen molar-refractivity contribution in [3.8, 4) is 0 Å². The van der Waals surface area contributed by atoms with Crippen LogP contribution in [0.3, 0.4) is 0 Å². The number of hydrogen-bond acceptors (Lipinski definition) is 3. The van der Waals surface area contributed by atoms with Gasteiger partial charge < -0.3 is 9.64 Å². The number of aromatic nitrogens is 2. The minimum atomic E-state index is -4.46. The Bertz CT molecular complexity index is 1120. The summed E-state index contributed by atoms with van der Waals surface area (Å²) in [7, 11) is 2.05. The van der Waals surface area contributed by atoms with Crippen LogP contribution in [0.5, 0.6) is 0 Å². The van der Waals surface area contributed by atoms with E-state index in [2.05, 4.69) is 17.0 Å². The summed E-state index contributed by atoms with van der Waals surface area (Å²) >= 11 is 12.4. The van der Waals surface area contributed by atoms with Gasteiger partial charge in [0.05, 0.1) is 18.7 Å². The molecule has 1 saturated heterocycles. The molecular formula is C23H23Cl2F4N3O. The summed E-state index contributed by atoms with van der Waals surface area (Å²) in [5.41, 5.74) is 1.60. The maximum Gasteiger partial charge on any atom is 0.408 e. The van der Waals surface area contributed by atoms with Crippen molar-refractivity contribution in [3.63, 3.8) is 0 Å². The van der Waals surface area contributed by atoms with E-state index in [1.165, 1.54) is 18.2 Å². The molecule has 0 unspecified atom stereocenters. The second-order valence-corrected chi connectivity index (χ2v) is 9.40. The van der Waals surface area contributed by atoms with Gasteiger partial charge in [-0.2, -0.15) is 18.3 Å². The van der Waals surface area contributed by atoms with Crippen molar-refractivity contribution in [2.75, 3.05) is 26.7 Å². The zero-order valence-corrected chi connectivity index (χ0v) is 19.4. The molecule has 0 aliphatic carbocycles. The van der Waals surface area contributed by atoms with Crippen LogP contribution < -0.4 is 0 Å². The number of piperidine rings is 1. The van der Waals surface area contributed by atoms with E-state index in [0.717, 1.165) is 36.2 Å². The van der Waals surface area contributed by atoms with Crippen molar-refractivity contribution < 1.29 is 22.3 Å². The second kappa shape index (κ2) is 9.41. The third kappa shape index (κ3) is 5.45. The summed E-state index contributed by atoms with van der Waals surface area (Å²) < 4.78 is 59.0. The molecule has 1 aromatic heterocycles. The zero-order valence-electron chi connectivity index (χ0n) is 17.9. The maximum absolute atomic E-state index is 13.5. The summed E-state index contributed by atoms with van der Waals surface area (Å²) in [4.78, 5) is 2.23. The Morgan fingerprint density at radius 1 is 1.09 bits per heavy atom. The van der Waals surface area contributed by atoms with Gasteiger partial charge in [0.1, 0.15) is 17.5 Å². The van der Waals surface area contributed by atoms with Gasteiger partial charge in [-0.3, -0.25) is 0 Å². The van der Waals surface area contributed by atoms with Gasteiger partial charge in [-0.25, -0.2) is 9.07 Å². The lowest BCUT2D eigenvalue weighted by Gasteiger charge is -2.41. The first kappa shape index (κ1) is 24.3. The van der Waals surface area contributed by atoms with Gasteiger partial charge in [-0.05, 0) is 62.8 Å². The number of likely N-dealkylation sites (tertiary alicyclic amines) is 1. The predicted octanol–water partition coefficient (Wildman–Crippen LogP) is 6.22. The van der Waals surface area contributed by atoms with Crippen molar-refractivity contribution in [1.82, 2.24) is 14.7 Å². The number of nitrogens with zero attached hydrogens (tertiary/aromatic N) is 3. The monoisotopic (exact) mass is 503 g/mol. The van der Waals surface area contributed by atoms with Crippen molar-refractivity contribution in [1.29, 1.82) is 0 Å². The first-order chi connectivity index (χ1) is 15.6. The van der Waals surface area contributed by atoms with Crippen LogP contribution >= 0.6 is 23.2 Å². The molecule has 2 heterocycles. The number of halogens is 6. The number of fused-ring (bicyclic) bond motifs is 1. The third-order valence-corrected chi connectivity index (χ3v) is 6.81. The lowest BCUT2D eigenvalue weighted by atomic mass is 9.73. The van der Waals surface area contributed by atoms with E-state index in [4.69, 9.17) is 27.9 Å². The molecule has 2 aromatic carbocycles. The van der Waals surface area contributed by atoms with Crippen LogP contribution in [0.15, 0.2) is 36.4 Å². The minimum absolute atomic E-state index is 0.106. The van der Waals surface area contributed by atoms with Crippen LogP contribution in [-0.4, -0.2) is 47.6 Å². The van der Waals surface area contributed by atoms with Crippen LogP contribution in [0, 0.1) is 5.82 Å². The van der Waals surface area contributed by atoms with Gasteiger partial charge in [0.15, 0.2) is 0 Å². The SMILES string of the molecule is CN1CCC(COCc2cc(Cl)cc3c(Cl)n(CC(F)(F)F)nc23)(c2ccc(F)cc2)CC1. The van der Waals surface area contributed by atoms with Crippen LogP contribution in [0.2, 0.25) is 10.2 Å². The smallest absolute Gasteiger partial charge is 0.376 e. The molecule has 33 heavy (non-hydrogen) atoms. The molecule has 4 nitrogen and oxygen atoms in total. The molecule has 3 aromatic rings. The van der Waals surface area contributed by atoms with Crippen molar-refractivity contribution in [2.45, 2.75) is 37.6 Å². The number of ether oxygens (including phenoxy) is 1. The zero-order chi connectivity index (χ0) is 23.8. The molecule has 0 atom stereocenters. The molecule has 0 bridgehead atoms. The maximum atomic E-state index is 13.5. The van der Waals surface area contributed by atoms with Crippen molar-refractivity contribution >= 4 is 34.1 Å². The van der Waals surface area contributed by atoms with E-state index >= 15 is 0 Å². The van der Waals surface area contributed by atoms with Gasteiger partial charge in [0, 0.05) is 21.4 Å². The third-order valence-electron chi connectivity index (χ3n) is 6.19. The molecule has 1 aliphatic rings. The molecule has 1 fully saturated rings. The van der Waals surface area contributed by atoms with Gasteiger partial charge in [-0.1, -0.05) is 35.3 Å². The minimum Gasteiger partial charge on any atom is -0.376 e. The fourth-order valence-electron chi connectivity index (χ4n) is 4.34. The summed E-state index contributed by atoms with van der Waals surface area (Å²) in [5, 5.41) is 4.64. The van der Waals surface area contributed by atoms with E-state index in [1.807, 2.05) is 0 Å². The highest BCUT2D eigenvalue weighted by molar-refractivity contribution is 6.36. The molecule has 1 aliphatic heterocycles. The first-order valence-corrected chi connectivity index (χ1v) is 11.3. The van der Waals surface area contributed by atoms with E-state index in [9.17, 15) is 17.6 Å². The highest BCUT2D eigenvalue weighted by Gasteiger charge is 2.36. The number of rotatable bonds is 6. The number of benzene rings is 2. The molecule has 0 amide bonds. The number of hydrogen-bond donors (Lipinski definition) is 0. The Hall–Kier alpha value is -1.87. The molecule has 10 heteroatoms. The topological polar surface area (TPSA) is 30.3 Å². The van der Waals surface area contributed by atoms with Crippen LogP contribution in [0.25, 0.3) is 10.9 Å². The van der Waals surface area contributed by atoms with Gasteiger partial charge >= 0.3 is 6.18 Å². The largest absolute Gasteiger partial charge is 0.408 e. The molecule has 0 N–H and O–H groups in total. The Kier molecular flexibility index (Phi) is 6.92. The number of alkyl halides is 3. The van der Waals surface area contributed by atoms with E-state index in [-0.39, 0.29) is 23.0 Å². The Morgan fingerprint density at radius 2 is 1.76 bits per heavy atom. The normalized spacial score (nSPS) is 17.1. The quantitative estimate of drug-likeness (QED) is 0.373. The van der Waals surface area contributed by atoms with Crippen molar-refractivity contribution in [2.24, 2.45) is 0 Å². The molecule has 0 saturated carbocycles. The molecule has 178 valence electrons. The first-order valence-electron chi connectivity index (χ1n) is 10.5. The van der Waals surface area contributed by atoms with Crippen LogP contribution in [-0.2, 0) is 23.3 Å². The molecular weight excluding hydrogens is 481 g/mol. The Morgan fingerprint density at radius 3 is 2.39 bits per heavy atom. The molecule has 0 radical (unpaired) electrons. The summed E-state index contributed by atoms with van der Waals surface area (Å²) in [6.45, 7) is 0.936. The summed E-state index contributed by atoms with van der Waals surface area (Å²) in [6.07, 6.45) is -2.78. The summed E-state index contributed by atoms with van der Waals surface area (Å²) in [5.74, 6) is -0.296. The van der Waals surface area contributed by atoms with Crippen LogP contribution in [0.4, 0.5) is 17.6 Å². The lowest BCUT2D eigenvalue weighted by molar-refractivity contribution is -0.142. The predicted molar refractivity (Wildman–Crippen MR) is 120 cm³/mol. The highest BCUT2D eigenvalue weighted by Crippen LogP contribution is 2.37. The Labute approximate surface area is 199 Å². The average Bonchev–Trinajstić information content (AvgIpc) is 3.04. The van der Waals surface area contributed by atoms with Gasteiger partial charge in [0.25, 0.3) is 0 Å².